The summed E-state index contributed by atoms with van der Waals surface area (Å²) in [5, 5.41) is 2.96. The van der Waals surface area contributed by atoms with Gasteiger partial charge in [0.2, 0.25) is 0 Å². The lowest BCUT2D eigenvalue weighted by molar-refractivity contribution is 0.601. The predicted octanol–water partition coefficient (Wildman–Crippen LogP) is 3.68. The van der Waals surface area contributed by atoms with E-state index in [1.165, 1.54) is 6.07 Å². The van der Waals surface area contributed by atoms with Gasteiger partial charge in [0.05, 0.1) is 5.69 Å². The molecule has 2 aromatic rings. The fourth-order valence-corrected chi connectivity index (χ4v) is 4.10. The Morgan fingerprint density at radius 1 is 1.33 bits per heavy atom. The lowest BCUT2D eigenvalue weighted by Crippen LogP contribution is -2.17. The van der Waals surface area contributed by atoms with Crippen LogP contribution in [0.3, 0.4) is 0 Å². The molecule has 8 heteroatoms. The van der Waals surface area contributed by atoms with Gasteiger partial charge in [0.15, 0.2) is 0 Å². The van der Waals surface area contributed by atoms with Gasteiger partial charge in [-0.25, -0.2) is 13.4 Å². The molecule has 0 saturated heterocycles. The van der Waals surface area contributed by atoms with Gasteiger partial charge in [0, 0.05) is 20.8 Å². The third kappa shape index (κ3) is 4.07. The Bertz CT molecular complexity index is 753. The van der Waals surface area contributed by atoms with Crippen LogP contribution in [0, 0.1) is 3.57 Å². The molecule has 1 aromatic heterocycles. The normalized spacial score (nSPS) is 11.2. The van der Waals surface area contributed by atoms with Crippen molar-refractivity contribution in [3.63, 3.8) is 0 Å². The molecule has 1 heterocycles. The Morgan fingerprint density at radius 3 is 2.71 bits per heavy atom. The Labute approximate surface area is 145 Å². The SMILES string of the molecule is CCNc1ncc(Br)cc1S(=O)(=O)Nc1ccccc1I. The standard InChI is InChI=1S/C13H13BrIN3O2S/c1-2-16-13-12(7-9(14)8-17-13)21(19,20)18-11-6-4-3-5-10(11)15/h3-8,18H,2H2,1H3,(H,16,17). The highest BCUT2D eigenvalue weighted by Crippen LogP contribution is 2.26. The molecule has 21 heavy (non-hydrogen) atoms. The van der Waals surface area contributed by atoms with E-state index in [2.05, 4.69) is 53.5 Å². The number of aromatic nitrogens is 1. The van der Waals surface area contributed by atoms with Crippen molar-refractivity contribution in [2.75, 3.05) is 16.6 Å². The van der Waals surface area contributed by atoms with Crippen molar-refractivity contribution >= 4 is 60.0 Å². The maximum atomic E-state index is 12.6. The van der Waals surface area contributed by atoms with E-state index in [1.54, 1.807) is 18.3 Å². The lowest BCUT2D eigenvalue weighted by Gasteiger charge is -2.13. The van der Waals surface area contributed by atoms with Gasteiger partial charge in [-0.15, -0.1) is 0 Å². The first kappa shape index (κ1) is 16.5. The summed E-state index contributed by atoms with van der Waals surface area (Å²) < 4.78 is 29.2. The monoisotopic (exact) mass is 481 g/mol. The number of nitrogens with zero attached hydrogens (tertiary/aromatic N) is 1. The molecule has 0 amide bonds. The Kier molecular flexibility index (Phi) is 5.44. The third-order valence-corrected chi connectivity index (χ3v) is 5.32. The molecule has 2 rings (SSSR count). The molecule has 2 N–H and O–H groups in total. The fourth-order valence-electron chi connectivity index (χ4n) is 1.67. The van der Waals surface area contributed by atoms with Gasteiger partial charge in [-0.05, 0) is 63.6 Å². The number of para-hydroxylation sites is 1. The zero-order chi connectivity index (χ0) is 15.5. The molecule has 0 aliphatic heterocycles. The second-order valence-corrected chi connectivity index (χ2v) is 7.84. The molecule has 0 fully saturated rings. The summed E-state index contributed by atoms with van der Waals surface area (Å²) in [6, 6.07) is 8.72. The van der Waals surface area contributed by atoms with Gasteiger partial charge in [0.1, 0.15) is 10.7 Å². The number of anilines is 2. The van der Waals surface area contributed by atoms with Gasteiger partial charge >= 0.3 is 0 Å². The number of hydrogen-bond donors (Lipinski definition) is 2. The molecule has 0 aliphatic carbocycles. The van der Waals surface area contributed by atoms with E-state index in [0.29, 0.717) is 22.5 Å². The van der Waals surface area contributed by atoms with E-state index >= 15 is 0 Å². The van der Waals surface area contributed by atoms with E-state index in [4.69, 9.17) is 0 Å². The van der Waals surface area contributed by atoms with Crippen LogP contribution in [0.1, 0.15) is 6.92 Å². The van der Waals surface area contributed by atoms with Gasteiger partial charge in [-0.2, -0.15) is 0 Å². The minimum absolute atomic E-state index is 0.110. The number of sulfonamides is 1. The first-order valence-corrected chi connectivity index (χ1v) is 9.46. The van der Waals surface area contributed by atoms with E-state index in [0.717, 1.165) is 3.57 Å². The van der Waals surface area contributed by atoms with Crippen molar-refractivity contribution in [3.8, 4) is 0 Å². The zero-order valence-electron chi connectivity index (χ0n) is 11.1. The highest BCUT2D eigenvalue weighted by molar-refractivity contribution is 14.1. The van der Waals surface area contributed by atoms with E-state index < -0.39 is 10.0 Å². The summed E-state index contributed by atoms with van der Waals surface area (Å²) >= 11 is 5.34. The number of halogens is 2. The first-order valence-electron chi connectivity index (χ1n) is 6.11. The summed E-state index contributed by atoms with van der Waals surface area (Å²) in [4.78, 5) is 4.23. The van der Waals surface area contributed by atoms with Gasteiger partial charge in [0.25, 0.3) is 10.0 Å². The number of pyridine rings is 1. The van der Waals surface area contributed by atoms with Gasteiger partial charge < -0.3 is 5.32 Å². The fraction of sp³-hybridized carbons (Fsp3) is 0.154. The van der Waals surface area contributed by atoms with Gasteiger partial charge in [-0.1, -0.05) is 12.1 Å². The van der Waals surface area contributed by atoms with Crippen LogP contribution >= 0.6 is 38.5 Å². The minimum Gasteiger partial charge on any atom is -0.369 e. The Hall–Kier alpha value is -0.870. The molecule has 0 spiro atoms. The predicted molar refractivity (Wildman–Crippen MR) is 96.1 cm³/mol. The smallest absolute Gasteiger partial charge is 0.265 e. The second kappa shape index (κ2) is 6.93. The molecular formula is C13H13BrIN3O2S. The van der Waals surface area contributed by atoms with E-state index in [1.807, 2.05) is 19.1 Å². The zero-order valence-corrected chi connectivity index (χ0v) is 15.7. The molecule has 0 saturated carbocycles. The van der Waals surface area contributed by atoms with Crippen LogP contribution in [0.15, 0.2) is 45.9 Å². The molecule has 0 unspecified atom stereocenters. The summed E-state index contributed by atoms with van der Waals surface area (Å²) in [5.74, 6) is 0.333. The molecule has 112 valence electrons. The number of nitrogens with one attached hydrogen (secondary N) is 2. The van der Waals surface area contributed by atoms with Crippen molar-refractivity contribution in [1.29, 1.82) is 0 Å². The molecule has 0 radical (unpaired) electrons. The second-order valence-electron chi connectivity index (χ2n) is 4.12. The number of benzene rings is 1. The van der Waals surface area contributed by atoms with Crippen LogP contribution in [-0.4, -0.2) is 19.9 Å². The van der Waals surface area contributed by atoms with Crippen molar-refractivity contribution in [3.05, 3.63) is 44.6 Å². The summed E-state index contributed by atoms with van der Waals surface area (Å²) in [6.45, 7) is 2.47. The third-order valence-electron chi connectivity index (χ3n) is 2.57. The highest BCUT2D eigenvalue weighted by atomic mass is 127. The lowest BCUT2D eigenvalue weighted by atomic mass is 10.3. The summed E-state index contributed by atoms with van der Waals surface area (Å²) in [5.41, 5.74) is 0.542. The maximum absolute atomic E-state index is 12.6. The average molecular weight is 482 g/mol. The molecular weight excluding hydrogens is 469 g/mol. The Balaban J connectivity index is 2.44. The highest BCUT2D eigenvalue weighted by Gasteiger charge is 2.21. The van der Waals surface area contributed by atoms with Crippen LogP contribution in [-0.2, 0) is 10.0 Å². The average Bonchev–Trinajstić information content (AvgIpc) is 2.43. The summed E-state index contributed by atoms with van der Waals surface area (Å²) in [7, 11) is -3.72. The molecule has 0 bridgehead atoms. The summed E-state index contributed by atoms with van der Waals surface area (Å²) in [6.07, 6.45) is 1.56. The van der Waals surface area contributed by atoms with Crippen LogP contribution < -0.4 is 10.0 Å². The molecule has 0 aliphatic rings. The number of hydrogen-bond acceptors (Lipinski definition) is 4. The van der Waals surface area contributed by atoms with Crippen LogP contribution in [0.2, 0.25) is 0 Å². The largest absolute Gasteiger partial charge is 0.369 e. The van der Waals surface area contributed by atoms with E-state index in [-0.39, 0.29) is 4.90 Å². The maximum Gasteiger partial charge on any atom is 0.265 e. The molecule has 5 nitrogen and oxygen atoms in total. The van der Waals surface area contributed by atoms with E-state index in [9.17, 15) is 8.42 Å². The van der Waals surface area contributed by atoms with Crippen molar-refractivity contribution in [2.24, 2.45) is 0 Å². The van der Waals surface area contributed by atoms with Crippen LogP contribution in [0.4, 0.5) is 11.5 Å². The van der Waals surface area contributed by atoms with Crippen LogP contribution in [0.25, 0.3) is 0 Å². The van der Waals surface area contributed by atoms with Crippen molar-refractivity contribution in [2.45, 2.75) is 11.8 Å². The van der Waals surface area contributed by atoms with Crippen molar-refractivity contribution < 1.29 is 8.42 Å². The topological polar surface area (TPSA) is 71.1 Å². The molecule has 1 aromatic carbocycles. The minimum atomic E-state index is -3.72. The Morgan fingerprint density at radius 2 is 2.05 bits per heavy atom. The van der Waals surface area contributed by atoms with Gasteiger partial charge in [-0.3, -0.25) is 4.72 Å². The molecule has 0 atom stereocenters. The van der Waals surface area contributed by atoms with Crippen molar-refractivity contribution in [1.82, 2.24) is 4.98 Å². The van der Waals surface area contributed by atoms with Crippen LogP contribution in [0.5, 0.6) is 0 Å². The number of rotatable bonds is 5. The first-order chi connectivity index (χ1) is 9.94. The quantitative estimate of drug-likeness (QED) is 0.639.